The predicted molar refractivity (Wildman–Crippen MR) is 70.1 cm³/mol. The molecular weight excluding hydrogens is 266 g/mol. The van der Waals surface area contributed by atoms with Crippen molar-refractivity contribution >= 4 is 11.6 Å². The summed E-state index contributed by atoms with van der Waals surface area (Å²) in [6.45, 7) is 1.80. The minimum atomic E-state index is -0.977. The smallest absolute Gasteiger partial charge is 0.251 e. The summed E-state index contributed by atoms with van der Waals surface area (Å²) in [6.07, 6.45) is 3.40. The number of aromatic nitrogens is 2. The zero-order valence-corrected chi connectivity index (χ0v) is 11.0. The molecule has 0 radical (unpaired) electrons. The van der Waals surface area contributed by atoms with Gasteiger partial charge in [0.15, 0.2) is 0 Å². The van der Waals surface area contributed by atoms with Crippen molar-refractivity contribution in [1.82, 2.24) is 9.78 Å². The first-order valence-corrected chi connectivity index (χ1v) is 5.92. The molecule has 0 aliphatic rings. The van der Waals surface area contributed by atoms with Crippen molar-refractivity contribution in [2.24, 2.45) is 12.8 Å². The fourth-order valence-corrected chi connectivity index (χ4v) is 1.83. The number of rotatable bonds is 4. The average molecular weight is 280 g/mol. The van der Waals surface area contributed by atoms with Crippen molar-refractivity contribution in [2.75, 3.05) is 5.32 Å². The van der Waals surface area contributed by atoms with Crippen LogP contribution in [-0.4, -0.2) is 15.7 Å². The highest BCUT2D eigenvalue weighted by Gasteiger charge is 2.16. The SMILES string of the molecule is CC(Nc1cc(C(N)=O)c(F)cc1F)c1cnn(C)c1. The Balaban J connectivity index is 2.29. The van der Waals surface area contributed by atoms with Crippen molar-refractivity contribution < 1.29 is 13.6 Å². The molecule has 1 aromatic heterocycles. The van der Waals surface area contributed by atoms with Gasteiger partial charge in [0.2, 0.25) is 0 Å². The Labute approximate surface area is 114 Å². The first kappa shape index (κ1) is 14.0. The number of nitrogens with zero attached hydrogens (tertiary/aromatic N) is 2. The molecule has 0 fully saturated rings. The maximum atomic E-state index is 13.7. The van der Waals surface area contributed by atoms with E-state index in [1.807, 2.05) is 0 Å². The van der Waals surface area contributed by atoms with Crippen LogP contribution in [0.15, 0.2) is 24.5 Å². The average Bonchev–Trinajstić information content (AvgIpc) is 2.79. The fourth-order valence-electron chi connectivity index (χ4n) is 1.83. The molecule has 0 bridgehead atoms. The van der Waals surface area contributed by atoms with Gasteiger partial charge in [-0.3, -0.25) is 9.48 Å². The highest BCUT2D eigenvalue weighted by Crippen LogP contribution is 2.24. The zero-order chi connectivity index (χ0) is 14.9. The summed E-state index contributed by atoms with van der Waals surface area (Å²) >= 11 is 0. The molecule has 1 unspecified atom stereocenters. The van der Waals surface area contributed by atoms with Crippen molar-refractivity contribution in [1.29, 1.82) is 0 Å². The van der Waals surface area contributed by atoms with Crippen LogP contribution in [0.2, 0.25) is 0 Å². The van der Waals surface area contributed by atoms with E-state index in [1.54, 1.807) is 31.0 Å². The highest BCUT2D eigenvalue weighted by atomic mass is 19.1. The lowest BCUT2D eigenvalue weighted by Gasteiger charge is -2.15. The largest absolute Gasteiger partial charge is 0.376 e. The Hall–Kier alpha value is -2.44. The molecule has 2 aromatic rings. The molecule has 0 aliphatic heterocycles. The van der Waals surface area contributed by atoms with E-state index in [2.05, 4.69) is 10.4 Å². The van der Waals surface area contributed by atoms with Crippen LogP contribution in [0, 0.1) is 11.6 Å². The predicted octanol–water partition coefficient (Wildman–Crippen LogP) is 1.97. The van der Waals surface area contributed by atoms with Crippen LogP contribution < -0.4 is 11.1 Å². The van der Waals surface area contributed by atoms with E-state index in [9.17, 15) is 13.6 Å². The normalized spacial score (nSPS) is 12.2. The summed E-state index contributed by atoms with van der Waals surface area (Å²) in [5, 5.41) is 6.87. The molecule has 1 aromatic carbocycles. The first-order valence-electron chi connectivity index (χ1n) is 5.92. The second-order valence-corrected chi connectivity index (χ2v) is 4.49. The van der Waals surface area contributed by atoms with Gasteiger partial charge in [0, 0.05) is 24.9 Å². The molecule has 1 amide bonds. The molecule has 20 heavy (non-hydrogen) atoms. The number of hydrogen-bond donors (Lipinski definition) is 2. The van der Waals surface area contributed by atoms with Crippen LogP contribution in [-0.2, 0) is 7.05 Å². The molecule has 7 heteroatoms. The second kappa shape index (κ2) is 5.28. The number of benzene rings is 1. The van der Waals surface area contributed by atoms with Crippen molar-refractivity contribution in [3.63, 3.8) is 0 Å². The summed E-state index contributed by atoms with van der Waals surface area (Å²) < 4.78 is 28.7. The summed E-state index contributed by atoms with van der Waals surface area (Å²) in [6, 6.07) is 1.45. The Morgan fingerprint density at radius 1 is 1.40 bits per heavy atom. The summed E-state index contributed by atoms with van der Waals surface area (Å²) in [5.41, 5.74) is 5.52. The molecule has 0 saturated carbocycles. The van der Waals surface area contributed by atoms with Crippen LogP contribution >= 0.6 is 0 Å². The molecule has 3 N–H and O–H groups in total. The molecule has 106 valence electrons. The maximum Gasteiger partial charge on any atom is 0.251 e. The number of carbonyl (C=O) groups is 1. The van der Waals surface area contributed by atoms with Gasteiger partial charge in [-0.05, 0) is 13.0 Å². The Morgan fingerprint density at radius 3 is 2.65 bits per heavy atom. The number of primary amides is 1. The van der Waals surface area contributed by atoms with Gasteiger partial charge in [0.25, 0.3) is 5.91 Å². The van der Waals surface area contributed by atoms with E-state index in [0.29, 0.717) is 6.07 Å². The lowest BCUT2D eigenvalue weighted by molar-refractivity contribution is 0.0996. The number of aryl methyl sites for hydroxylation is 1. The number of hydrogen-bond acceptors (Lipinski definition) is 3. The van der Waals surface area contributed by atoms with E-state index >= 15 is 0 Å². The van der Waals surface area contributed by atoms with Gasteiger partial charge < -0.3 is 11.1 Å². The van der Waals surface area contributed by atoms with Crippen molar-refractivity contribution in [3.05, 3.63) is 47.3 Å². The monoisotopic (exact) mass is 280 g/mol. The second-order valence-electron chi connectivity index (χ2n) is 4.49. The Bertz CT molecular complexity index is 654. The van der Waals surface area contributed by atoms with Gasteiger partial charge in [-0.15, -0.1) is 0 Å². The quantitative estimate of drug-likeness (QED) is 0.899. The molecular formula is C13H14F2N4O. The van der Waals surface area contributed by atoms with Crippen LogP contribution in [0.5, 0.6) is 0 Å². The van der Waals surface area contributed by atoms with Crippen LogP contribution in [0.1, 0.15) is 28.9 Å². The standard InChI is InChI=1S/C13H14F2N4O/c1-7(8-5-17-19(2)6-8)18-12-3-9(13(16)20)10(14)4-11(12)15/h3-7,18H,1-2H3,(H2,16,20). The number of anilines is 1. The van der Waals surface area contributed by atoms with E-state index in [-0.39, 0.29) is 17.3 Å². The highest BCUT2D eigenvalue weighted by molar-refractivity contribution is 5.94. The van der Waals surface area contributed by atoms with E-state index in [1.165, 1.54) is 0 Å². The van der Waals surface area contributed by atoms with E-state index in [0.717, 1.165) is 11.6 Å². The van der Waals surface area contributed by atoms with Gasteiger partial charge in [-0.25, -0.2) is 8.78 Å². The lowest BCUT2D eigenvalue weighted by atomic mass is 10.1. The van der Waals surface area contributed by atoms with Crippen LogP contribution in [0.25, 0.3) is 0 Å². The third-order valence-corrected chi connectivity index (χ3v) is 2.92. The first-order chi connectivity index (χ1) is 9.38. The van der Waals surface area contributed by atoms with Gasteiger partial charge >= 0.3 is 0 Å². The summed E-state index contributed by atoms with van der Waals surface area (Å²) in [4.78, 5) is 11.1. The molecule has 2 rings (SSSR count). The van der Waals surface area contributed by atoms with E-state index in [4.69, 9.17) is 5.73 Å². The Morgan fingerprint density at radius 2 is 2.10 bits per heavy atom. The maximum absolute atomic E-state index is 13.7. The number of halogens is 2. The lowest BCUT2D eigenvalue weighted by Crippen LogP contribution is -2.15. The summed E-state index contributed by atoms with van der Waals surface area (Å²) in [7, 11) is 1.76. The van der Waals surface area contributed by atoms with Gasteiger partial charge in [-0.2, -0.15) is 5.10 Å². The molecule has 1 atom stereocenters. The van der Waals surface area contributed by atoms with Crippen LogP contribution in [0.4, 0.5) is 14.5 Å². The van der Waals surface area contributed by atoms with Gasteiger partial charge in [0.1, 0.15) is 11.6 Å². The molecule has 5 nitrogen and oxygen atoms in total. The van der Waals surface area contributed by atoms with Crippen LogP contribution in [0.3, 0.4) is 0 Å². The fraction of sp³-hybridized carbons (Fsp3) is 0.231. The number of amides is 1. The van der Waals surface area contributed by atoms with E-state index < -0.39 is 17.5 Å². The molecule has 0 aliphatic carbocycles. The molecule has 0 saturated heterocycles. The van der Waals surface area contributed by atoms with Gasteiger partial charge in [-0.1, -0.05) is 0 Å². The summed E-state index contributed by atoms with van der Waals surface area (Å²) in [5.74, 6) is -2.71. The zero-order valence-electron chi connectivity index (χ0n) is 11.0. The van der Waals surface area contributed by atoms with Crippen molar-refractivity contribution in [2.45, 2.75) is 13.0 Å². The topological polar surface area (TPSA) is 72.9 Å². The van der Waals surface area contributed by atoms with Crippen molar-refractivity contribution in [3.8, 4) is 0 Å². The minimum absolute atomic E-state index is 0.0107. The minimum Gasteiger partial charge on any atom is -0.376 e. The third kappa shape index (κ3) is 2.76. The number of nitrogens with one attached hydrogen (secondary N) is 1. The molecule has 1 heterocycles. The third-order valence-electron chi connectivity index (χ3n) is 2.92. The number of nitrogens with two attached hydrogens (primary N) is 1. The number of carbonyl (C=O) groups excluding carboxylic acids is 1. The Kier molecular flexibility index (Phi) is 3.69. The van der Waals surface area contributed by atoms with Gasteiger partial charge in [0.05, 0.1) is 23.5 Å². The molecule has 0 spiro atoms.